The van der Waals surface area contributed by atoms with Gasteiger partial charge in [-0.05, 0) is 20.3 Å². The van der Waals surface area contributed by atoms with Crippen LogP contribution in [0.25, 0.3) is 0 Å². The summed E-state index contributed by atoms with van der Waals surface area (Å²) in [6.07, 6.45) is 0.633. The number of hydrogen-bond donors (Lipinski definition) is 2. The van der Waals surface area contributed by atoms with Gasteiger partial charge in [0.05, 0.1) is 6.10 Å². The van der Waals surface area contributed by atoms with Crippen molar-refractivity contribution in [3.05, 3.63) is 6.92 Å². The second kappa shape index (κ2) is 5.18. The van der Waals surface area contributed by atoms with Gasteiger partial charge in [0.25, 0.3) is 0 Å². The fourth-order valence-electron chi connectivity index (χ4n) is 0.872. The Morgan fingerprint density at radius 1 is 1.50 bits per heavy atom. The highest BCUT2D eigenvalue weighted by molar-refractivity contribution is 5.05. The van der Waals surface area contributed by atoms with Crippen molar-refractivity contribution in [2.75, 3.05) is 0 Å². The van der Waals surface area contributed by atoms with Crippen LogP contribution in [-0.2, 0) is 0 Å². The maximum absolute atomic E-state index is 9.75. The molecule has 0 aromatic carbocycles. The summed E-state index contributed by atoms with van der Waals surface area (Å²) in [6, 6.07) is 0. The minimum absolute atomic E-state index is 0.316. The minimum atomic E-state index is -1.05. The predicted octanol–water partition coefficient (Wildman–Crippen LogP) is 1.13. The van der Waals surface area contributed by atoms with Gasteiger partial charge in [-0.15, -0.1) is 11.8 Å². The van der Waals surface area contributed by atoms with Crippen molar-refractivity contribution < 1.29 is 10.2 Å². The smallest absolute Gasteiger partial charge is 0.101 e. The molecule has 2 nitrogen and oxygen atoms in total. The summed E-state index contributed by atoms with van der Waals surface area (Å²) in [5.41, 5.74) is -1.05. The lowest BCUT2D eigenvalue weighted by atomic mass is 9.91. The van der Waals surface area contributed by atoms with Gasteiger partial charge in [-0.25, -0.2) is 0 Å². The molecule has 0 saturated carbocycles. The van der Waals surface area contributed by atoms with Crippen LogP contribution < -0.4 is 0 Å². The molecule has 12 heavy (non-hydrogen) atoms. The van der Waals surface area contributed by atoms with Crippen LogP contribution in [-0.4, -0.2) is 21.9 Å². The first kappa shape index (κ1) is 11.5. The average Bonchev–Trinajstić information content (AvgIpc) is 2.04. The van der Waals surface area contributed by atoms with Gasteiger partial charge in [-0.1, -0.05) is 6.92 Å². The van der Waals surface area contributed by atoms with E-state index in [2.05, 4.69) is 18.8 Å². The molecule has 1 radical (unpaired) electrons. The van der Waals surface area contributed by atoms with E-state index in [1.165, 1.54) is 0 Å². The Bertz CT molecular complexity index is 176. The topological polar surface area (TPSA) is 40.5 Å². The van der Waals surface area contributed by atoms with Gasteiger partial charge in [-0.2, -0.15) is 0 Å². The third kappa shape index (κ3) is 3.25. The molecule has 0 aromatic rings. The third-order valence-corrected chi connectivity index (χ3v) is 2.03. The number of aliphatic hydroxyl groups is 2. The molecule has 2 atom stereocenters. The number of rotatable bonds is 3. The van der Waals surface area contributed by atoms with Gasteiger partial charge >= 0.3 is 0 Å². The monoisotopic (exact) mass is 169 g/mol. The third-order valence-electron chi connectivity index (χ3n) is 2.03. The summed E-state index contributed by atoms with van der Waals surface area (Å²) in [5, 5.41) is 19.0. The van der Waals surface area contributed by atoms with Gasteiger partial charge in [0, 0.05) is 12.8 Å². The Balaban J connectivity index is 4.14. The van der Waals surface area contributed by atoms with Crippen molar-refractivity contribution in [2.24, 2.45) is 0 Å². The molecule has 0 aliphatic carbocycles. The highest BCUT2D eigenvalue weighted by atomic mass is 16.3. The van der Waals surface area contributed by atoms with Crippen LogP contribution in [0.3, 0.4) is 0 Å². The molecular formula is C10H17O2. The maximum atomic E-state index is 9.75. The van der Waals surface area contributed by atoms with E-state index in [-0.39, 0.29) is 0 Å². The molecule has 0 aliphatic rings. The average molecular weight is 169 g/mol. The van der Waals surface area contributed by atoms with E-state index in [1.54, 1.807) is 6.92 Å². The summed E-state index contributed by atoms with van der Waals surface area (Å²) in [4.78, 5) is 0. The van der Waals surface area contributed by atoms with Crippen molar-refractivity contribution in [3.63, 3.8) is 0 Å². The SMILES string of the molecule is [CH2]CC#CCC(O)(CC)C(C)O. The van der Waals surface area contributed by atoms with Gasteiger partial charge in [-0.3, -0.25) is 0 Å². The zero-order valence-corrected chi connectivity index (χ0v) is 7.80. The molecular weight excluding hydrogens is 152 g/mol. The van der Waals surface area contributed by atoms with E-state index in [1.807, 2.05) is 6.92 Å². The van der Waals surface area contributed by atoms with Crippen molar-refractivity contribution in [1.29, 1.82) is 0 Å². The normalized spacial score (nSPS) is 17.4. The Hall–Kier alpha value is -0.520. The molecule has 0 heterocycles. The molecule has 0 amide bonds. The van der Waals surface area contributed by atoms with Crippen molar-refractivity contribution in [3.8, 4) is 11.8 Å². The van der Waals surface area contributed by atoms with Crippen LogP contribution in [0.2, 0.25) is 0 Å². The molecule has 0 bridgehead atoms. The Labute approximate surface area is 74.6 Å². The largest absolute Gasteiger partial charge is 0.390 e. The van der Waals surface area contributed by atoms with Gasteiger partial charge in [0.15, 0.2) is 0 Å². The Morgan fingerprint density at radius 2 is 2.08 bits per heavy atom. The van der Waals surface area contributed by atoms with E-state index in [9.17, 15) is 10.2 Å². The van der Waals surface area contributed by atoms with Crippen molar-refractivity contribution in [2.45, 2.75) is 44.8 Å². The fraction of sp³-hybridized carbons (Fsp3) is 0.700. The molecule has 0 rings (SSSR count). The predicted molar refractivity (Wildman–Crippen MR) is 49.3 cm³/mol. The molecule has 0 saturated heterocycles. The summed E-state index contributed by atoms with van der Waals surface area (Å²) in [7, 11) is 0. The summed E-state index contributed by atoms with van der Waals surface area (Å²) < 4.78 is 0. The van der Waals surface area contributed by atoms with Gasteiger partial charge in [0.1, 0.15) is 5.60 Å². The van der Waals surface area contributed by atoms with Gasteiger partial charge in [0.2, 0.25) is 0 Å². The molecule has 0 fully saturated rings. The molecule has 2 heteroatoms. The fourth-order valence-corrected chi connectivity index (χ4v) is 0.872. The molecule has 0 aromatic heterocycles. The molecule has 0 aliphatic heterocycles. The second-order valence-electron chi connectivity index (χ2n) is 2.91. The van der Waals surface area contributed by atoms with E-state index in [0.29, 0.717) is 19.3 Å². The lowest BCUT2D eigenvalue weighted by molar-refractivity contribution is -0.0645. The first-order valence-corrected chi connectivity index (χ1v) is 4.22. The van der Waals surface area contributed by atoms with Crippen molar-refractivity contribution in [1.82, 2.24) is 0 Å². The van der Waals surface area contributed by atoms with Crippen LogP contribution in [0.5, 0.6) is 0 Å². The quantitative estimate of drug-likeness (QED) is 0.622. The number of aliphatic hydroxyl groups excluding tert-OH is 1. The Kier molecular flexibility index (Phi) is 4.96. The lowest BCUT2D eigenvalue weighted by Gasteiger charge is -2.27. The zero-order chi connectivity index (χ0) is 9.61. The Morgan fingerprint density at radius 3 is 2.42 bits per heavy atom. The summed E-state index contributed by atoms with van der Waals surface area (Å²) >= 11 is 0. The first-order valence-electron chi connectivity index (χ1n) is 4.22. The highest BCUT2D eigenvalue weighted by Gasteiger charge is 2.29. The number of hydrogen-bond acceptors (Lipinski definition) is 2. The zero-order valence-electron chi connectivity index (χ0n) is 7.80. The standard InChI is InChI=1S/C10H17O2/c1-4-6-7-8-10(12,5-2)9(3)11/h9,11-12H,1,4-5,8H2,2-3H3. The second-order valence-corrected chi connectivity index (χ2v) is 2.91. The van der Waals surface area contributed by atoms with Crippen LogP contribution in [0, 0.1) is 18.8 Å². The summed E-state index contributed by atoms with van der Waals surface area (Å²) in [6.45, 7) is 6.97. The van der Waals surface area contributed by atoms with Crippen molar-refractivity contribution >= 4 is 0 Å². The first-order chi connectivity index (χ1) is 5.56. The minimum Gasteiger partial charge on any atom is -0.390 e. The lowest BCUT2D eigenvalue weighted by Crippen LogP contribution is -2.39. The van der Waals surface area contributed by atoms with Crippen LogP contribution in [0.1, 0.15) is 33.1 Å². The molecule has 69 valence electrons. The molecule has 2 N–H and O–H groups in total. The van der Waals surface area contributed by atoms with Crippen LogP contribution >= 0.6 is 0 Å². The molecule has 2 unspecified atom stereocenters. The van der Waals surface area contributed by atoms with Crippen LogP contribution in [0.15, 0.2) is 0 Å². The van der Waals surface area contributed by atoms with Crippen LogP contribution in [0.4, 0.5) is 0 Å². The van der Waals surface area contributed by atoms with Gasteiger partial charge < -0.3 is 10.2 Å². The van der Waals surface area contributed by atoms with E-state index in [0.717, 1.165) is 0 Å². The van der Waals surface area contributed by atoms with E-state index < -0.39 is 11.7 Å². The van der Waals surface area contributed by atoms with E-state index >= 15 is 0 Å². The summed E-state index contributed by atoms with van der Waals surface area (Å²) in [5.74, 6) is 5.55. The van der Waals surface area contributed by atoms with E-state index in [4.69, 9.17) is 0 Å². The maximum Gasteiger partial charge on any atom is 0.101 e. The highest BCUT2D eigenvalue weighted by Crippen LogP contribution is 2.18. The molecule has 0 spiro atoms.